The molecular formula is C6CoF5. The van der Waals surface area contributed by atoms with Gasteiger partial charge in [0.15, 0.2) is 0 Å². The number of halogens is 5. The van der Waals surface area contributed by atoms with Crippen molar-refractivity contribution in [3.8, 4) is 0 Å². The van der Waals surface area contributed by atoms with Gasteiger partial charge in [0.05, 0.1) is 0 Å². The predicted molar refractivity (Wildman–Crippen MR) is 25.9 cm³/mol. The van der Waals surface area contributed by atoms with Crippen LogP contribution in [0.15, 0.2) is 0 Å². The van der Waals surface area contributed by atoms with Gasteiger partial charge in [0.2, 0.25) is 0 Å². The molecule has 0 aliphatic rings. The zero-order valence-corrected chi connectivity index (χ0v) is 6.26. The molecule has 0 heterocycles. The molecule has 1 rings (SSSR count). The summed E-state index contributed by atoms with van der Waals surface area (Å²) in [6.45, 7) is 0. The van der Waals surface area contributed by atoms with Crippen LogP contribution in [-0.4, -0.2) is 0 Å². The van der Waals surface area contributed by atoms with Crippen molar-refractivity contribution in [1.29, 1.82) is 0 Å². The topological polar surface area (TPSA) is 0 Å². The van der Waals surface area contributed by atoms with Crippen molar-refractivity contribution in [1.82, 2.24) is 0 Å². The number of hydrogen-bond acceptors (Lipinski definition) is 0. The average Bonchev–Trinajstić information content (AvgIpc) is 2.08. The second kappa shape index (κ2) is 3.02. The Morgan fingerprint density at radius 1 is 0.583 bits per heavy atom. The Hall–Kier alpha value is -0.624. The van der Waals surface area contributed by atoms with Crippen molar-refractivity contribution in [3.63, 3.8) is 0 Å². The summed E-state index contributed by atoms with van der Waals surface area (Å²) in [4.78, 5) is 0. The first-order valence-corrected chi connectivity index (χ1v) is 3.13. The monoisotopic (exact) mass is 226 g/mol. The van der Waals surface area contributed by atoms with Crippen LogP contribution in [0, 0.1) is 29.1 Å². The van der Waals surface area contributed by atoms with E-state index >= 15 is 0 Å². The van der Waals surface area contributed by atoms with Crippen molar-refractivity contribution in [3.05, 3.63) is 29.1 Å². The summed E-state index contributed by atoms with van der Waals surface area (Å²) >= 11 is 3.15. The summed E-state index contributed by atoms with van der Waals surface area (Å²) in [6.07, 6.45) is 0. The third kappa shape index (κ3) is 1.20. The first kappa shape index (κ1) is 9.46. The molecule has 0 amide bonds. The van der Waals surface area contributed by atoms with E-state index in [0.29, 0.717) is 0 Å². The van der Waals surface area contributed by atoms with Gasteiger partial charge in [-0.3, -0.25) is 0 Å². The van der Waals surface area contributed by atoms with Crippen molar-refractivity contribution in [2.24, 2.45) is 0 Å². The van der Waals surface area contributed by atoms with Gasteiger partial charge in [-0.2, -0.15) is 0 Å². The molecule has 0 N–H and O–H groups in total. The van der Waals surface area contributed by atoms with Gasteiger partial charge >= 0.3 is 71.3 Å². The summed E-state index contributed by atoms with van der Waals surface area (Å²) in [6, 6.07) is 0. The molecule has 12 heavy (non-hydrogen) atoms. The summed E-state index contributed by atoms with van der Waals surface area (Å²) in [5.74, 6) is -10.0. The number of rotatable bonds is 0. The molecule has 0 fully saturated rings. The van der Waals surface area contributed by atoms with E-state index in [0.717, 1.165) is 0 Å². The van der Waals surface area contributed by atoms with E-state index in [2.05, 4.69) is 15.7 Å². The maximum atomic E-state index is 12.3. The van der Waals surface area contributed by atoms with Gasteiger partial charge in [0.25, 0.3) is 0 Å². The van der Waals surface area contributed by atoms with Gasteiger partial charge in [0, 0.05) is 0 Å². The van der Waals surface area contributed by atoms with Gasteiger partial charge < -0.3 is 0 Å². The van der Waals surface area contributed by atoms with Crippen LogP contribution in [-0.2, 0) is 15.7 Å². The van der Waals surface area contributed by atoms with Gasteiger partial charge in [-0.05, 0) is 0 Å². The summed E-state index contributed by atoms with van der Waals surface area (Å²) < 4.78 is 60.1. The molecular weight excluding hydrogens is 226 g/mol. The van der Waals surface area contributed by atoms with E-state index < -0.39 is 33.6 Å². The van der Waals surface area contributed by atoms with Gasteiger partial charge in [-0.15, -0.1) is 0 Å². The Morgan fingerprint density at radius 2 is 0.833 bits per heavy atom. The molecule has 68 valence electrons. The molecule has 6 heteroatoms. The van der Waals surface area contributed by atoms with Crippen LogP contribution in [0.5, 0.6) is 0 Å². The molecule has 0 aliphatic carbocycles. The van der Waals surface area contributed by atoms with E-state index in [1.54, 1.807) is 0 Å². The van der Waals surface area contributed by atoms with Crippen molar-refractivity contribution in [2.45, 2.75) is 0 Å². The van der Waals surface area contributed by atoms with Crippen LogP contribution in [0.4, 0.5) is 22.0 Å². The molecule has 0 radical (unpaired) electrons. The second-order valence-electron chi connectivity index (χ2n) is 1.86. The molecule has 0 atom stereocenters. The zero-order valence-electron chi connectivity index (χ0n) is 5.22. The minimum absolute atomic E-state index is 1.18. The van der Waals surface area contributed by atoms with Crippen LogP contribution in [0.1, 0.15) is 0 Å². The summed E-state index contributed by atoms with van der Waals surface area (Å²) in [7, 11) is 0. The van der Waals surface area contributed by atoms with E-state index in [1.165, 1.54) is 0 Å². The Kier molecular flexibility index (Phi) is 2.38. The first-order valence-electron chi connectivity index (χ1n) is 2.61. The Labute approximate surface area is 72.0 Å². The average molecular weight is 226 g/mol. The van der Waals surface area contributed by atoms with E-state index in [1.807, 2.05) is 0 Å². The molecule has 0 spiro atoms. The Balaban J connectivity index is 3.60. The van der Waals surface area contributed by atoms with Gasteiger partial charge in [0.1, 0.15) is 0 Å². The van der Waals surface area contributed by atoms with Crippen molar-refractivity contribution in [2.75, 3.05) is 0 Å². The van der Waals surface area contributed by atoms with Gasteiger partial charge in [-0.1, -0.05) is 0 Å². The fourth-order valence-electron chi connectivity index (χ4n) is 0.568. The SMILES string of the molecule is Fc1c(F)c(F)[c]([Co])c(F)c1F. The minimum atomic E-state index is -2.18. The molecule has 0 saturated heterocycles. The fourth-order valence-corrected chi connectivity index (χ4v) is 0.797. The molecule has 0 nitrogen and oxygen atoms in total. The van der Waals surface area contributed by atoms with Crippen molar-refractivity contribution >= 4 is 4.50 Å². The molecule has 0 unspecified atom stereocenters. The molecule has 0 bridgehead atoms. The molecule has 1 aromatic rings. The predicted octanol–water partition coefficient (Wildman–Crippen LogP) is 1.55. The summed E-state index contributed by atoms with van der Waals surface area (Å²) in [5.41, 5.74) is 0. The van der Waals surface area contributed by atoms with E-state index in [4.69, 9.17) is 0 Å². The number of benzene rings is 1. The molecule has 0 aliphatic heterocycles. The summed E-state index contributed by atoms with van der Waals surface area (Å²) in [5, 5.41) is 0. The zero-order chi connectivity index (χ0) is 9.46. The van der Waals surface area contributed by atoms with Crippen LogP contribution < -0.4 is 4.50 Å². The third-order valence-electron chi connectivity index (χ3n) is 1.14. The van der Waals surface area contributed by atoms with Crippen LogP contribution in [0.2, 0.25) is 0 Å². The van der Waals surface area contributed by atoms with Gasteiger partial charge in [-0.25, -0.2) is 0 Å². The van der Waals surface area contributed by atoms with Crippen LogP contribution >= 0.6 is 0 Å². The molecule has 1 aromatic carbocycles. The maximum absolute atomic E-state index is 12.3. The standard InChI is InChI=1S/C6F5.Co/c7-2-1-3(8)5(10)6(11)4(2)9;. The third-order valence-corrected chi connectivity index (χ3v) is 1.59. The quantitative estimate of drug-likeness (QED) is 0.357. The first-order chi connectivity index (χ1) is 5.46. The Bertz CT molecular complexity index is 230. The normalized spacial score (nSPS) is 10.6. The molecule has 0 saturated carbocycles. The fraction of sp³-hybridized carbons (Fsp3) is 0. The van der Waals surface area contributed by atoms with Crippen LogP contribution in [0.25, 0.3) is 0 Å². The second-order valence-corrected chi connectivity index (χ2v) is 2.38. The van der Waals surface area contributed by atoms with E-state index in [9.17, 15) is 22.0 Å². The Morgan fingerprint density at radius 3 is 1.17 bits per heavy atom. The van der Waals surface area contributed by atoms with Crippen LogP contribution in [0.3, 0.4) is 0 Å². The van der Waals surface area contributed by atoms with E-state index in [-0.39, 0.29) is 0 Å². The van der Waals surface area contributed by atoms with Crippen molar-refractivity contribution < 1.29 is 37.7 Å². The molecule has 0 aromatic heterocycles. The number of hydrogen-bond donors (Lipinski definition) is 0.